The normalized spacial score (nSPS) is 12.7. The molecule has 0 radical (unpaired) electrons. The van der Waals surface area contributed by atoms with Crippen LogP contribution in [0.5, 0.6) is 0 Å². The van der Waals surface area contributed by atoms with Crippen LogP contribution in [0.1, 0.15) is 16.5 Å². The average molecular weight is 361 g/mol. The van der Waals surface area contributed by atoms with Gasteiger partial charge >= 0.3 is 0 Å². The highest BCUT2D eigenvalue weighted by molar-refractivity contribution is 9.10. The predicted octanol–water partition coefficient (Wildman–Crippen LogP) is 4.52. The molecule has 2 rings (SSSR count). The first-order valence-electron chi connectivity index (χ1n) is 4.89. The third-order valence-corrected chi connectivity index (χ3v) is 4.82. The Labute approximate surface area is 116 Å². The molecule has 0 aliphatic heterocycles. The van der Waals surface area contributed by atoms with E-state index in [-0.39, 0.29) is 6.04 Å². The van der Waals surface area contributed by atoms with E-state index < -0.39 is 0 Å². The van der Waals surface area contributed by atoms with Gasteiger partial charge in [-0.3, -0.25) is 0 Å². The van der Waals surface area contributed by atoms with Crippen molar-refractivity contribution < 1.29 is 0 Å². The number of benzene rings is 1. The van der Waals surface area contributed by atoms with Gasteiger partial charge in [-0.25, -0.2) is 0 Å². The summed E-state index contributed by atoms with van der Waals surface area (Å²) in [5.41, 5.74) is 7.35. The highest BCUT2D eigenvalue weighted by atomic mass is 79.9. The van der Waals surface area contributed by atoms with Crippen LogP contribution in [0, 0.1) is 0 Å². The maximum absolute atomic E-state index is 6.19. The fourth-order valence-corrected chi connectivity index (χ4v) is 3.52. The average Bonchev–Trinajstić information content (AvgIpc) is 2.64. The van der Waals surface area contributed by atoms with E-state index in [1.54, 1.807) is 11.3 Å². The molecular formula is C12H11Br2NS. The molecule has 1 aromatic carbocycles. The minimum atomic E-state index is 0.0486. The molecule has 0 saturated carbocycles. The Hall–Kier alpha value is -0.160. The smallest absolute Gasteiger partial charge is 0.0344 e. The van der Waals surface area contributed by atoms with E-state index in [0.29, 0.717) is 0 Å². The molecular weight excluding hydrogens is 350 g/mol. The molecule has 1 unspecified atom stereocenters. The molecule has 1 atom stereocenters. The van der Waals surface area contributed by atoms with Crippen LogP contribution in [0.4, 0.5) is 0 Å². The van der Waals surface area contributed by atoms with Gasteiger partial charge in [0.2, 0.25) is 0 Å². The number of thiophene rings is 1. The second-order valence-corrected chi connectivity index (χ2v) is 6.33. The van der Waals surface area contributed by atoms with Crippen molar-refractivity contribution in [2.24, 2.45) is 5.73 Å². The van der Waals surface area contributed by atoms with Crippen molar-refractivity contribution in [3.8, 4) is 0 Å². The summed E-state index contributed by atoms with van der Waals surface area (Å²) < 4.78 is 2.23. The van der Waals surface area contributed by atoms with Crippen LogP contribution in [0.15, 0.2) is 44.7 Å². The standard InChI is InChI=1S/C12H11Br2NS/c13-9-3-1-2-8(6-9)11(15)7-12-10(14)4-5-16-12/h1-6,11H,7,15H2. The Kier molecular flexibility index (Phi) is 4.19. The largest absolute Gasteiger partial charge is 0.324 e. The van der Waals surface area contributed by atoms with Crippen LogP contribution >= 0.6 is 43.2 Å². The SMILES string of the molecule is NC(Cc1sccc1Br)c1cccc(Br)c1. The van der Waals surface area contributed by atoms with E-state index in [4.69, 9.17) is 5.73 Å². The molecule has 1 aromatic heterocycles. The third kappa shape index (κ3) is 2.94. The minimum absolute atomic E-state index is 0.0486. The van der Waals surface area contributed by atoms with E-state index >= 15 is 0 Å². The molecule has 0 amide bonds. The highest BCUT2D eigenvalue weighted by Crippen LogP contribution is 2.27. The van der Waals surface area contributed by atoms with Crippen molar-refractivity contribution in [3.63, 3.8) is 0 Å². The van der Waals surface area contributed by atoms with Gasteiger partial charge in [-0.05, 0) is 45.1 Å². The van der Waals surface area contributed by atoms with Crippen LogP contribution in [0.3, 0.4) is 0 Å². The number of hydrogen-bond acceptors (Lipinski definition) is 2. The zero-order valence-electron chi connectivity index (χ0n) is 8.49. The number of halogens is 2. The van der Waals surface area contributed by atoms with E-state index in [1.807, 2.05) is 12.1 Å². The molecule has 1 nitrogen and oxygen atoms in total. The summed E-state index contributed by atoms with van der Waals surface area (Å²) in [5, 5.41) is 2.08. The lowest BCUT2D eigenvalue weighted by atomic mass is 10.0. The van der Waals surface area contributed by atoms with Gasteiger partial charge in [-0.15, -0.1) is 11.3 Å². The molecule has 1 heterocycles. The molecule has 0 spiro atoms. The van der Waals surface area contributed by atoms with Crippen molar-refractivity contribution >= 4 is 43.2 Å². The van der Waals surface area contributed by atoms with Crippen LogP contribution in [-0.2, 0) is 6.42 Å². The van der Waals surface area contributed by atoms with Gasteiger partial charge in [0.25, 0.3) is 0 Å². The number of rotatable bonds is 3. The van der Waals surface area contributed by atoms with Crippen molar-refractivity contribution in [3.05, 3.63) is 55.1 Å². The van der Waals surface area contributed by atoms with Gasteiger partial charge in [-0.1, -0.05) is 28.1 Å². The first-order chi connectivity index (χ1) is 7.66. The van der Waals surface area contributed by atoms with Gasteiger partial charge in [0.05, 0.1) is 0 Å². The van der Waals surface area contributed by atoms with E-state index in [1.165, 1.54) is 4.88 Å². The van der Waals surface area contributed by atoms with Crippen molar-refractivity contribution in [2.75, 3.05) is 0 Å². The summed E-state index contributed by atoms with van der Waals surface area (Å²) in [5.74, 6) is 0. The lowest BCUT2D eigenvalue weighted by Crippen LogP contribution is -2.12. The molecule has 84 valence electrons. The summed E-state index contributed by atoms with van der Waals surface area (Å²) in [6.45, 7) is 0. The summed E-state index contributed by atoms with van der Waals surface area (Å²) in [6, 6.07) is 10.3. The van der Waals surface area contributed by atoms with E-state index in [9.17, 15) is 0 Å². The summed E-state index contributed by atoms with van der Waals surface area (Å²) in [6.07, 6.45) is 0.870. The van der Waals surface area contributed by atoms with Crippen molar-refractivity contribution in [1.29, 1.82) is 0 Å². The first-order valence-corrected chi connectivity index (χ1v) is 7.36. The molecule has 0 saturated heterocycles. The van der Waals surface area contributed by atoms with Crippen LogP contribution < -0.4 is 5.73 Å². The molecule has 2 aromatic rings. The van der Waals surface area contributed by atoms with Gasteiger partial charge < -0.3 is 5.73 Å². The second kappa shape index (κ2) is 5.45. The molecule has 0 bridgehead atoms. The fraction of sp³-hybridized carbons (Fsp3) is 0.167. The Morgan fingerprint density at radius 1 is 1.25 bits per heavy atom. The molecule has 0 fully saturated rings. The molecule has 16 heavy (non-hydrogen) atoms. The lowest BCUT2D eigenvalue weighted by Gasteiger charge is -2.11. The van der Waals surface area contributed by atoms with Crippen molar-refractivity contribution in [2.45, 2.75) is 12.5 Å². The van der Waals surface area contributed by atoms with E-state index in [0.717, 1.165) is 20.9 Å². The Balaban J connectivity index is 2.14. The van der Waals surface area contributed by atoms with Crippen LogP contribution in [0.25, 0.3) is 0 Å². The molecule has 0 aliphatic carbocycles. The number of nitrogens with two attached hydrogens (primary N) is 1. The van der Waals surface area contributed by atoms with Crippen LogP contribution in [-0.4, -0.2) is 0 Å². The van der Waals surface area contributed by atoms with Crippen molar-refractivity contribution in [1.82, 2.24) is 0 Å². The maximum atomic E-state index is 6.19. The fourth-order valence-electron chi connectivity index (χ4n) is 1.53. The molecule has 4 heteroatoms. The monoisotopic (exact) mass is 359 g/mol. The third-order valence-electron chi connectivity index (χ3n) is 2.37. The Morgan fingerprint density at radius 2 is 2.06 bits per heavy atom. The molecule has 0 aliphatic rings. The van der Waals surface area contributed by atoms with Gasteiger partial charge in [-0.2, -0.15) is 0 Å². The van der Waals surface area contributed by atoms with Gasteiger partial charge in [0, 0.05) is 26.3 Å². The summed E-state index contributed by atoms with van der Waals surface area (Å²) in [4.78, 5) is 1.30. The number of hydrogen-bond donors (Lipinski definition) is 1. The Morgan fingerprint density at radius 3 is 2.69 bits per heavy atom. The maximum Gasteiger partial charge on any atom is 0.0344 e. The summed E-state index contributed by atoms with van der Waals surface area (Å²) in [7, 11) is 0. The van der Waals surface area contributed by atoms with E-state index in [2.05, 4.69) is 55.4 Å². The van der Waals surface area contributed by atoms with Gasteiger partial charge in [0.15, 0.2) is 0 Å². The topological polar surface area (TPSA) is 26.0 Å². The zero-order chi connectivity index (χ0) is 11.5. The Bertz CT molecular complexity index is 481. The van der Waals surface area contributed by atoms with Crippen LogP contribution in [0.2, 0.25) is 0 Å². The first kappa shape index (κ1) is 12.3. The quantitative estimate of drug-likeness (QED) is 0.855. The summed E-state index contributed by atoms with van der Waals surface area (Å²) >= 11 is 8.73. The predicted molar refractivity (Wildman–Crippen MR) is 76.8 cm³/mol. The second-order valence-electron chi connectivity index (χ2n) is 3.56. The zero-order valence-corrected chi connectivity index (χ0v) is 12.5. The lowest BCUT2D eigenvalue weighted by molar-refractivity contribution is 0.728. The highest BCUT2D eigenvalue weighted by Gasteiger charge is 2.10. The minimum Gasteiger partial charge on any atom is -0.324 e. The van der Waals surface area contributed by atoms with Gasteiger partial charge in [0.1, 0.15) is 0 Å². The molecule has 2 N–H and O–H groups in total.